The van der Waals surface area contributed by atoms with Crippen LogP contribution in [0.15, 0.2) is 34.5 Å². The number of sulfonamides is 1. The summed E-state index contributed by atoms with van der Waals surface area (Å²) >= 11 is 6.87. The maximum atomic E-state index is 12.5. The highest BCUT2D eigenvalue weighted by Crippen LogP contribution is 2.34. The second-order valence-corrected chi connectivity index (χ2v) is 9.22. The minimum Gasteiger partial charge on any atom is -0.495 e. The SMILES string of the molecule is COc1ccc(N2CCCCC2)cc1NS(=O)(=O)c1ccc(Cl)s1. The lowest BCUT2D eigenvalue weighted by Gasteiger charge is -2.29. The Morgan fingerprint density at radius 1 is 1.17 bits per heavy atom. The molecule has 3 rings (SSSR count). The Morgan fingerprint density at radius 2 is 1.92 bits per heavy atom. The number of hydrogen-bond acceptors (Lipinski definition) is 5. The first-order valence-electron chi connectivity index (χ1n) is 7.71. The minimum atomic E-state index is -3.69. The molecule has 0 atom stereocenters. The van der Waals surface area contributed by atoms with Crippen molar-refractivity contribution < 1.29 is 13.2 Å². The number of ether oxygens (including phenoxy) is 1. The van der Waals surface area contributed by atoms with E-state index in [1.165, 1.54) is 19.6 Å². The van der Waals surface area contributed by atoms with Crippen LogP contribution in [-0.2, 0) is 10.0 Å². The number of halogens is 1. The third kappa shape index (κ3) is 3.79. The van der Waals surface area contributed by atoms with Crippen molar-refractivity contribution in [3.8, 4) is 5.75 Å². The van der Waals surface area contributed by atoms with E-state index >= 15 is 0 Å². The van der Waals surface area contributed by atoms with E-state index in [0.717, 1.165) is 43.0 Å². The molecule has 0 aliphatic carbocycles. The van der Waals surface area contributed by atoms with Gasteiger partial charge in [0.15, 0.2) is 0 Å². The van der Waals surface area contributed by atoms with Crippen molar-refractivity contribution in [3.63, 3.8) is 0 Å². The van der Waals surface area contributed by atoms with Crippen LogP contribution in [-0.4, -0.2) is 28.6 Å². The monoisotopic (exact) mass is 386 g/mol. The highest BCUT2D eigenvalue weighted by Gasteiger charge is 2.20. The molecule has 0 spiro atoms. The summed E-state index contributed by atoms with van der Waals surface area (Å²) in [7, 11) is -2.16. The number of thiophene rings is 1. The number of hydrogen-bond donors (Lipinski definition) is 1. The maximum Gasteiger partial charge on any atom is 0.271 e. The van der Waals surface area contributed by atoms with Gasteiger partial charge in [-0.1, -0.05) is 11.6 Å². The van der Waals surface area contributed by atoms with Gasteiger partial charge in [-0.3, -0.25) is 4.72 Å². The molecule has 0 unspecified atom stereocenters. The Balaban J connectivity index is 1.90. The molecular weight excluding hydrogens is 368 g/mol. The van der Waals surface area contributed by atoms with Crippen molar-refractivity contribution >= 4 is 44.3 Å². The number of nitrogens with one attached hydrogen (secondary N) is 1. The zero-order chi connectivity index (χ0) is 17.2. The van der Waals surface area contributed by atoms with Crippen molar-refractivity contribution in [2.45, 2.75) is 23.5 Å². The van der Waals surface area contributed by atoms with Gasteiger partial charge in [0.05, 0.1) is 17.1 Å². The standard InChI is InChI=1S/C16H19ClN2O3S2/c1-22-14-6-5-12(19-9-3-2-4-10-19)11-13(14)18-24(20,21)16-8-7-15(17)23-16/h5-8,11,18H,2-4,9-10H2,1H3. The number of anilines is 2. The molecule has 1 N–H and O–H groups in total. The van der Waals surface area contributed by atoms with Gasteiger partial charge in [-0.2, -0.15) is 0 Å². The largest absolute Gasteiger partial charge is 0.495 e. The first kappa shape index (κ1) is 17.4. The third-order valence-electron chi connectivity index (χ3n) is 3.96. The second-order valence-electron chi connectivity index (χ2n) is 5.60. The fourth-order valence-electron chi connectivity index (χ4n) is 2.76. The van der Waals surface area contributed by atoms with Crippen LogP contribution in [0.4, 0.5) is 11.4 Å². The van der Waals surface area contributed by atoms with Gasteiger partial charge in [0.25, 0.3) is 10.0 Å². The summed E-state index contributed by atoms with van der Waals surface area (Å²) in [4.78, 5) is 2.27. The Bertz CT molecular complexity index is 814. The van der Waals surface area contributed by atoms with E-state index in [1.54, 1.807) is 12.1 Å². The van der Waals surface area contributed by atoms with Crippen LogP contribution in [0.5, 0.6) is 5.75 Å². The van der Waals surface area contributed by atoms with E-state index < -0.39 is 10.0 Å². The van der Waals surface area contributed by atoms with Crippen LogP contribution in [0.3, 0.4) is 0 Å². The van der Waals surface area contributed by atoms with Gasteiger partial charge in [0.2, 0.25) is 0 Å². The van der Waals surface area contributed by atoms with E-state index in [4.69, 9.17) is 16.3 Å². The average Bonchev–Trinajstić information content (AvgIpc) is 3.03. The van der Waals surface area contributed by atoms with Gasteiger partial charge in [-0.05, 0) is 49.6 Å². The molecular formula is C16H19ClN2O3S2. The van der Waals surface area contributed by atoms with Gasteiger partial charge in [-0.25, -0.2) is 8.42 Å². The molecule has 1 aromatic heterocycles. The number of benzene rings is 1. The average molecular weight is 387 g/mol. The second kappa shape index (κ2) is 7.21. The van der Waals surface area contributed by atoms with E-state index in [9.17, 15) is 8.42 Å². The molecule has 1 fully saturated rings. The number of methoxy groups -OCH3 is 1. The van der Waals surface area contributed by atoms with Gasteiger partial charge >= 0.3 is 0 Å². The summed E-state index contributed by atoms with van der Waals surface area (Å²) in [5.41, 5.74) is 1.43. The summed E-state index contributed by atoms with van der Waals surface area (Å²) < 4.78 is 33.6. The number of nitrogens with zero attached hydrogens (tertiary/aromatic N) is 1. The van der Waals surface area contributed by atoms with Crippen LogP contribution in [0.1, 0.15) is 19.3 Å². The molecule has 1 aromatic carbocycles. The first-order valence-corrected chi connectivity index (χ1v) is 10.4. The Morgan fingerprint density at radius 3 is 2.54 bits per heavy atom. The quantitative estimate of drug-likeness (QED) is 0.836. The molecule has 0 radical (unpaired) electrons. The fraction of sp³-hybridized carbons (Fsp3) is 0.375. The summed E-state index contributed by atoms with van der Waals surface area (Å²) in [5.74, 6) is 0.488. The van der Waals surface area contributed by atoms with Crippen molar-refractivity contribution in [1.82, 2.24) is 0 Å². The van der Waals surface area contributed by atoms with Crippen molar-refractivity contribution in [2.24, 2.45) is 0 Å². The fourth-order valence-corrected chi connectivity index (χ4v) is 5.31. The lowest BCUT2D eigenvalue weighted by Crippen LogP contribution is -2.29. The summed E-state index contributed by atoms with van der Waals surface area (Å²) in [6.45, 7) is 1.97. The predicted molar refractivity (Wildman–Crippen MR) is 99.2 cm³/mol. The Hall–Kier alpha value is -1.44. The maximum absolute atomic E-state index is 12.5. The summed E-state index contributed by atoms with van der Waals surface area (Å²) in [6.07, 6.45) is 3.55. The van der Waals surface area contributed by atoms with E-state index in [0.29, 0.717) is 15.8 Å². The van der Waals surface area contributed by atoms with Crippen LogP contribution >= 0.6 is 22.9 Å². The lowest BCUT2D eigenvalue weighted by molar-refractivity contribution is 0.417. The number of rotatable bonds is 5. The lowest BCUT2D eigenvalue weighted by atomic mass is 10.1. The molecule has 0 amide bonds. The molecule has 5 nitrogen and oxygen atoms in total. The van der Waals surface area contributed by atoms with E-state index in [-0.39, 0.29) is 4.21 Å². The molecule has 1 saturated heterocycles. The van der Waals surface area contributed by atoms with Crippen molar-refractivity contribution in [1.29, 1.82) is 0 Å². The number of piperidine rings is 1. The normalized spacial score (nSPS) is 15.3. The van der Waals surface area contributed by atoms with Crippen molar-refractivity contribution in [2.75, 3.05) is 29.8 Å². The Labute approximate surface area is 151 Å². The van der Waals surface area contributed by atoms with Gasteiger partial charge in [0, 0.05) is 18.8 Å². The molecule has 1 aliphatic rings. The molecule has 0 bridgehead atoms. The minimum absolute atomic E-state index is 0.179. The zero-order valence-corrected chi connectivity index (χ0v) is 15.7. The van der Waals surface area contributed by atoms with Crippen LogP contribution in [0.25, 0.3) is 0 Å². The third-order valence-corrected chi connectivity index (χ3v) is 7.05. The molecule has 1 aliphatic heterocycles. The highest BCUT2D eigenvalue weighted by atomic mass is 35.5. The van der Waals surface area contributed by atoms with Crippen LogP contribution in [0, 0.1) is 0 Å². The molecule has 24 heavy (non-hydrogen) atoms. The van der Waals surface area contributed by atoms with Crippen LogP contribution < -0.4 is 14.4 Å². The molecule has 8 heteroatoms. The van der Waals surface area contributed by atoms with E-state index in [1.807, 2.05) is 12.1 Å². The molecule has 130 valence electrons. The van der Waals surface area contributed by atoms with Gasteiger partial charge < -0.3 is 9.64 Å². The van der Waals surface area contributed by atoms with Gasteiger partial charge in [0.1, 0.15) is 9.96 Å². The molecule has 2 heterocycles. The first-order chi connectivity index (χ1) is 11.5. The summed E-state index contributed by atoms with van der Waals surface area (Å²) in [6, 6.07) is 8.66. The van der Waals surface area contributed by atoms with Crippen molar-refractivity contribution in [3.05, 3.63) is 34.7 Å². The topological polar surface area (TPSA) is 58.6 Å². The van der Waals surface area contributed by atoms with E-state index in [2.05, 4.69) is 9.62 Å². The Kier molecular flexibility index (Phi) is 5.22. The summed E-state index contributed by atoms with van der Waals surface area (Å²) in [5, 5.41) is 0. The van der Waals surface area contributed by atoms with Crippen LogP contribution in [0.2, 0.25) is 4.34 Å². The highest BCUT2D eigenvalue weighted by molar-refractivity contribution is 7.94. The molecule has 2 aromatic rings. The zero-order valence-electron chi connectivity index (χ0n) is 13.3. The molecule has 0 saturated carbocycles. The smallest absolute Gasteiger partial charge is 0.271 e. The van der Waals surface area contributed by atoms with Gasteiger partial charge in [-0.15, -0.1) is 11.3 Å². The predicted octanol–water partition coefficient (Wildman–Crippen LogP) is 4.20.